The number of rotatable bonds is 8. The van der Waals surface area contributed by atoms with Gasteiger partial charge in [0.2, 0.25) is 5.91 Å². The molecule has 0 aromatic rings. The number of nitrogens with zero attached hydrogens (tertiary/aromatic N) is 1. The zero-order valence-corrected chi connectivity index (χ0v) is 9.95. The number of ketones is 1. The predicted octanol–water partition coefficient (Wildman–Crippen LogP) is 0.941. The highest BCUT2D eigenvalue weighted by molar-refractivity contribution is 5.76. The standard InChI is InChI=1S/C11H22N2O2/c1-9(2)13(8-11(12)15)7-5-4-6-10(3)14/h9H,4-8H2,1-3H3,(H2,12,15). The average Bonchev–Trinajstić information content (AvgIpc) is 2.08. The van der Waals surface area contributed by atoms with Crippen molar-refractivity contribution in [2.45, 2.75) is 46.1 Å². The Morgan fingerprint density at radius 3 is 2.27 bits per heavy atom. The van der Waals surface area contributed by atoms with Crippen molar-refractivity contribution in [1.29, 1.82) is 0 Å². The van der Waals surface area contributed by atoms with E-state index in [0.717, 1.165) is 19.4 Å². The van der Waals surface area contributed by atoms with Gasteiger partial charge in [-0.15, -0.1) is 0 Å². The molecule has 4 heteroatoms. The van der Waals surface area contributed by atoms with Crippen LogP contribution in [0.15, 0.2) is 0 Å². The van der Waals surface area contributed by atoms with Crippen LogP contribution < -0.4 is 5.73 Å². The fourth-order valence-electron chi connectivity index (χ4n) is 1.41. The molecule has 0 aliphatic carbocycles. The van der Waals surface area contributed by atoms with Crippen molar-refractivity contribution in [2.75, 3.05) is 13.1 Å². The molecule has 0 atom stereocenters. The van der Waals surface area contributed by atoms with Gasteiger partial charge in [-0.05, 0) is 40.2 Å². The minimum absolute atomic E-state index is 0.223. The lowest BCUT2D eigenvalue weighted by atomic mass is 10.1. The summed E-state index contributed by atoms with van der Waals surface area (Å²) in [6, 6.07) is 0.315. The Kier molecular flexibility index (Phi) is 6.96. The van der Waals surface area contributed by atoms with Gasteiger partial charge < -0.3 is 10.5 Å². The average molecular weight is 214 g/mol. The van der Waals surface area contributed by atoms with E-state index in [1.165, 1.54) is 0 Å². The molecule has 0 rings (SSSR count). The maximum absolute atomic E-state index is 10.8. The summed E-state index contributed by atoms with van der Waals surface area (Å²) in [4.78, 5) is 23.5. The summed E-state index contributed by atoms with van der Waals surface area (Å²) in [6.07, 6.45) is 2.45. The fraction of sp³-hybridized carbons (Fsp3) is 0.818. The van der Waals surface area contributed by atoms with Crippen LogP contribution in [0.1, 0.15) is 40.0 Å². The third-order valence-electron chi connectivity index (χ3n) is 2.31. The molecule has 4 nitrogen and oxygen atoms in total. The molecule has 0 aliphatic rings. The van der Waals surface area contributed by atoms with Crippen molar-refractivity contribution in [3.8, 4) is 0 Å². The zero-order chi connectivity index (χ0) is 11.8. The third-order valence-corrected chi connectivity index (χ3v) is 2.31. The van der Waals surface area contributed by atoms with Gasteiger partial charge in [0.25, 0.3) is 0 Å². The molecule has 0 aromatic heterocycles. The van der Waals surface area contributed by atoms with Crippen molar-refractivity contribution in [3.05, 3.63) is 0 Å². The quantitative estimate of drug-likeness (QED) is 0.612. The van der Waals surface area contributed by atoms with Crippen LogP contribution >= 0.6 is 0 Å². The second-order valence-corrected chi connectivity index (χ2v) is 4.19. The van der Waals surface area contributed by atoms with E-state index in [2.05, 4.69) is 0 Å². The molecule has 0 unspecified atom stereocenters. The Bertz CT molecular complexity index is 215. The largest absolute Gasteiger partial charge is 0.369 e. The normalized spacial score (nSPS) is 11.0. The number of nitrogens with two attached hydrogens (primary N) is 1. The van der Waals surface area contributed by atoms with Crippen molar-refractivity contribution in [2.24, 2.45) is 5.73 Å². The van der Waals surface area contributed by atoms with E-state index in [-0.39, 0.29) is 11.7 Å². The minimum atomic E-state index is -0.296. The highest BCUT2D eigenvalue weighted by Gasteiger charge is 2.11. The molecule has 2 N–H and O–H groups in total. The van der Waals surface area contributed by atoms with Crippen molar-refractivity contribution < 1.29 is 9.59 Å². The number of carbonyl (C=O) groups excluding carboxylic acids is 2. The molecule has 0 spiro atoms. The minimum Gasteiger partial charge on any atom is -0.369 e. The molecule has 1 amide bonds. The van der Waals surface area contributed by atoms with E-state index < -0.39 is 0 Å². The van der Waals surface area contributed by atoms with E-state index in [9.17, 15) is 9.59 Å². The van der Waals surface area contributed by atoms with Crippen LogP contribution in [-0.2, 0) is 9.59 Å². The maximum Gasteiger partial charge on any atom is 0.231 e. The number of hydrogen-bond acceptors (Lipinski definition) is 3. The molecule has 0 saturated carbocycles. The van der Waals surface area contributed by atoms with E-state index in [1.807, 2.05) is 18.7 Å². The molecule has 0 saturated heterocycles. The Balaban J connectivity index is 3.76. The topological polar surface area (TPSA) is 63.4 Å². The maximum atomic E-state index is 10.8. The number of primary amides is 1. The molecule has 0 fully saturated rings. The molecule has 0 heterocycles. The summed E-state index contributed by atoms with van der Waals surface area (Å²) in [5, 5.41) is 0. The van der Waals surface area contributed by atoms with Gasteiger partial charge in [0.15, 0.2) is 0 Å². The van der Waals surface area contributed by atoms with Gasteiger partial charge in [-0.2, -0.15) is 0 Å². The van der Waals surface area contributed by atoms with Crippen LogP contribution in [0, 0.1) is 0 Å². The van der Waals surface area contributed by atoms with Crippen LogP contribution in [-0.4, -0.2) is 35.7 Å². The molecule has 0 aliphatic heterocycles. The Morgan fingerprint density at radius 2 is 1.87 bits per heavy atom. The van der Waals surface area contributed by atoms with Crippen LogP contribution in [0.25, 0.3) is 0 Å². The number of unbranched alkanes of at least 4 members (excludes halogenated alkanes) is 1. The van der Waals surface area contributed by atoms with Crippen molar-refractivity contribution in [1.82, 2.24) is 4.90 Å². The second-order valence-electron chi connectivity index (χ2n) is 4.19. The lowest BCUT2D eigenvalue weighted by Crippen LogP contribution is -2.39. The van der Waals surface area contributed by atoms with E-state index in [0.29, 0.717) is 19.0 Å². The number of hydrogen-bond donors (Lipinski definition) is 1. The van der Waals surface area contributed by atoms with Crippen LogP contribution in [0.3, 0.4) is 0 Å². The third kappa shape index (κ3) is 8.12. The molecule has 0 radical (unpaired) electrons. The summed E-state index contributed by atoms with van der Waals surface area (Å²) in [5.41, 5.74) is 5.15. The van der Waals surface area contributed by atoms with Gasteiger partial charge in [-0.1, -0.05) is 0 Å². The lowest BCUT2D eigenvalue weighted by molar-refractivity contribution is -0.120. The lowest BCUT2D eigenvalue weighted by Gasteiger charge is -2.24. The fourth-order valence-corrected chi connectivity index (χ4v) is 1.41. The molecule has 15 heavy (non-hydrogen) atoms. The monoisotopic (exact) mass is 214 g/mol. The zero-order valence-electron chi connectivity index (χ0n) is 9.95. The Labute approximate surface area is 91.8 Å². The second kappa shape index (κ2) is 7.40. The van der Waals surface area contributed by atoms with Crippen molar-refractivity contribution >= 4 is 11.7 Å². The first kappa shape index (κ1) is 14.1. The van der Waals surface area contributed by atoms with Gasteiger partial charge in [0, 0.05) is 12.5 Å². The van der Waals surface area contributed by atoms with Gasteiger partial charge in [0.05, 0.1) is 6.54 Å². The highest BCUT2D eigenvalue weighted by atomic mass is 16.1. The first-order valence-electron chi connectivity index (χ1n) is 5.45. The Hall–Kier alpha value is -0.900. The molecule has 0 aromatic carbocycles. The first-order chi connectivity index (χ1) is 6.93. The summed E-state index contributed by atoms with van der Waals surface area (Å²) >= 11 is 0. The SMILES string of the molecule is CC(=O)CCCCN(CC(N)=O)C(C)C. The van der Waals surface area contributed by atoms with E-state index in [4.69, 9.17) is 5.73 Å². The first-order valence-corrected chi connectivity index (χ1v) is 5.45. The number of amides is 1. The van der Waals surface area contributed by atoms with Gasteiger partial charge in [0.1, 0.15) is 5.78 Å². The molecular weight excluding hydrogens is 192 g/mol. The van der Waals surface area contributed by atoms with Crippen LogP contribution in [0.4, 0.5) is 0 Å². The van der Waals surface area contributed by atoms with E-state index in [1.54, 1.807) is 6.92 Å². The van der Waals surface area contributed by atoms with Crippen LogP contribution in [0.5, 0.6) is 0 Å². The summed E-state index contributed by atoms with van der Waals surface area (Å²) in [5.74, 6) is -0.0729. The van der Waals surface area contributed by atoms with Crippen molar-refractivity contribution in [3.63, 3.8) is 0 Å². The summed E-state index contributed by atoms with van der Waals surface area (Å²) < 4.78 is 0. The smallest absolute Gasteiger partial charge is 0.231 e. The molecule has 0 bridgehead atoms. The molecule has 88 valence electrons. The summed E-state index contributed by atoms with van der Waals surface area (Å²) in [7, 11) is 0. The summed E-state index contributed by atoms with van der Waals surface area (Å²) in [6.45, 7) is 6.80. The van der Waals surface area contributed by atoms with Gasteiger partial charge >= 0.3 is 0 Å². The Morgan fingerprint density at radius 1 is 1.27 bits per heavy atom. The van der Waals surface area contributed by atoms with E-state index >= 15 is 0 Å². The predicted molar refractivity (Wildman–Crippen MR) is 60.4 cm³/mol. The van der Waals surface area contributed by atoms with Gasteiger partial charge in [-0.25, -0.2) is 0 Å². The van der Waals surface area contributed by atoms with Gasteiger partial charge in [-0.3, -0.25) is 9.69 Å². The van der Waals surface area contributed by atoms with Crippen LogP contribution in [0.2, 0.25) is 0 Å². The highest BCUT2D eigenvalue weighted by Crippen LogP contribution is 2.03. The number of Topliss-reactive ketones (excluding diaryl/α,β-unsaturated/α-hetero) is 1. The molecular formula is C11H22N2O2. The number of carbonyl (C=O) groups is 2.